The molecule has 0 saturated carbocycles. The van der Waals surface area contributed by atoms with Gasteiger partial charge in [0, 0.05) is 37.5 Å². The lowest BCUT2D eigenvalue weighted by molar-refractivity contribution is 0.199. The SMILES string of the molecule is OCC1CCCN(c2ccc3ncc(-c4cc5ccccc5s4)n3n2)C1.OCC1CCCNC1. The second kappa shape index (κ2) is 10.8. The number of anilines is 1. The third-order valence-electron chi connectivity index (χ3n) is 6.78. The molecule has 7 nitrogen and oxygen atoms in total. The summed E-state index contributed by atoms with van der Waals surface area (Å²) in [6, 6.07) is 14.7. The first-order chi connectivity index (χ1) is 16.7. The minimum Gasteiger partial charge on any atom is -0.396 e. The lowest BCUT2D eigenvalue weighted by atomic mass is 9.99. The number of aliphatic hydroxyl groups is 2. The van der Waals surface area contributed by atoms with Gasteiger partial charge >= 0.3 is 0 Å². The molecule has 0 bridgehead atoms. The van der Waals surface area contributed by atoms with E-state index >= 15 is 0 Å². The van der Waals surface area contributed by atoms with Crippen molar-refractivity contribution < 1.29 is 10.2 Å². The molecule has 2 fully saturated rings. The van der Waals surface area contributed by atoms with Crippen LogP contribution in [0.1, 0.15) is 25.7 Å². The largest absolute Gasteiger partial charge is 0.396 e. The van der Waals surface area contributed by atoms with Gasteiger partial charge in [-0.1, -0.05) is 18.2 Å². The number of hydrogen-bond acceptors (Lipinski definition) is 7. The maximum Gasteiger partial charge on any atom is 0.154 e. The van der Waals surface area contributed by atoms with Crippen molar-refractivity contribution in [3.63, 3.8) is 0 Å². The monoisotopic (exact) mass is 479 g/mol. The Bertz CT molecular complexity index is 1180. The highest BCUT2D eigenvalue weighted by molar-refractivity contribution is 7.22. The van der Waals surface area contributed by atoms with Crippen molar-refractivity contribution in [1.82, 2.24) is 19.9 Å². The minimum atomic E-state index is 0.247. The summed E-state index contributed by atoms with van der Waals surface area (Å²) < 4.78 is 3.22. The smallest absolute Gasteiger partial charge is 0.154 e. The third kappa shape index (κ3) is 5.10. The summed E-state index contributed by atoms with van der Waals surface area (Å²) in [5.74, 6) is 1.82. The number of aromatic nitrogens is 3. The zero-order valence-electron chi connectivity index (χ0n) is 19.4. The summed E-state index contributed by atoms with van der Waals surface area (Å²) in [6.45, 7) is 4.60. The van der Waals surface area contributed by atoms with Crippen LogP contribution in [0.2, 0.25) is 0 Å². The summed E-state index contributed by atoms with van der Waals surface area (Å²) in [5, 5.41) is 27.5. The van der Waals surface area contributed by atoms with E-state index in [1.807, 2.05) is 22.8 Å². The molecule has 0 amide bonds. The molecule has 0 radical (unpaired) electrons. The number of piperidine rings is 2. The quantitative estimate of drug-likeness (QED) is 0.413. The fraction of sp³-hybridized carbons (Fsp3) is 0.462. The van der Waals surface area contributed by atoms with Crippen LogP contribution in [0.5, 0.6) is 0 Å². The van der Waals surface area contributed by atoms with Gasteiger partial charge in [-0.3, -0.25) is 0 Å². The van der Waals surface area contributed by atoms with E-state index in [1.165, 1.54) is 27.8 Å². The summed E-state index contributed by atoms with van der Waals surface area (Å²) in [5.41, 5.74) is 1.88. The third-order valence-corrected chi connectivity index (χ3v) is 7.92. The van der Waals surface area contributed by atoms with Gasteiger partial charge in [-0.2, -0.15) is 0 Å². The van der Waals surface area contributed by atoms with Crippen molar-refractivity contribution in [2.45, 2.75) is 25.7 Å². The molecule has 2 unspecified atom stereocenters. The number of nitrogens with zero attached hydrogens (tertiary/aromatic N) is 4. The maximum absolute atomic E-state index is 9.50. The molecule has 34 heavy (non-hydrogen) atoms. The Labute approximate surface area is 204 Å². The van der Waals surface area contributed by atoms with Gasteiger partial charge in [0.15, 0.2) is 5.65 Å². The van der Waals surface area contributed by atoms with E-state index in [4.69, 9.17) is 10.2 Å². The molecule has 2 aliphatic rings. The van der Waals surface area contributed by atoms with Crippen LogP contribution in [-0.2, 0) is 0 Å². The van der Waals surface area contributed by atoms with Gasteiger partial charge < -0.3 is 20.4 Å². The molecule has 2 aliphatic heterocycles. The molecule has 5 heterocycles. The molecule has 2 atom stereocenters. The van der Waals surface area contributed by atoms with E-state index < -0.39 is 0 Å². The van der Waals surface area contributed by atoms with Gasteiger partial charge in [-0.15, -0.1) is 16.4 Å². The molecule has 6 rings (SSSR count). The van der Waals surface area contributed by atoms with Gasteiger partial charge in [0.05, 0.1) is 11.1 Å². The van der Waals surface area contributed by atoms with Crippen LogP contribution in [0.4, 0.5) is 5.82 Å². The fourth-order valence-electron chi connectivity index (χ4n) is 4.81. The number of nitrogens with one attached hydrogen (secondary N) is 1. The molecule has 180 valence electrons. The second-order valence-corrected chi connectivity index (χ2v) is 10.4. The molecule has 3 N–H and O–H groups in total. The number of thiophene rings is 1. The first kappa shape index (κ1) is 23.2. The van der Waals surface area contributed by atoms with E-state index in [9.17, 15) is 5.11 Å². The number of aliphatic hydroxyl groups excluding tert-OH is 2. The van der Waals surface area contributed by atoms with Crippen LogP contribution in [0.25, 0.3) is 26.3 Å². The average molecular weight is 480 g/mol. The Morgan fingerprint density at radius 3 is 2.65 bits per heavy atom. The molecule has 2 saturated heterocycles. The first-order valence-corrected chi connectivity index (χ1v) is 13.1. The number of rotatable bonds is 4. The van der Waals surface area contributed by atoms with Crippen LogP contribution in [0.3, 0.4) is 0 Å². The molecule has 0 aliphatic carbocycles. The van der Waals surface area contributed by atoms with Crippen molar-refractivity contribution in [1.29, 1.82) is 0 Å². The van der Waals surface area contributed by atoms with Crippen molar-refractivity contribution in [2.75, 3.05) is 44.3 Å². The van der Waals surface area contributed by atoms with Gasteiger partial charge in [-0.25, -0.2) is 9.50 Å². The van der Waals surface area contributed by atoms with Crippen LogP contribution < -0.4 is 10.2 Å². The lowest BCUT2D eigenvalue weighted by Crippen LogP contribution is -2.37. The summed E-state index contributed by atoms with van der Waals surface area (Å²) in [4.78, 5) is 7.98. The molecule has 3 aromatic heterocycles. The highest BCUT2D eigenvalue weighted by atomic mass is 32.1. The van der Waals surface area contributed by atoms with Crippen LogP contribution >= 0.6 is 11.3 Å². The highest BCUT2D eigenvalue weighted by Crippen LogP contribution is 2.33. The Balaban J connectivity index is 0.000000257. The second-order valence-electron chi connectivity index (χ2n) is 9.29. The van der Waals surface area contributed by atoms with Gasteiger partial charge in [0.2, 0.25) is 0 Å². The van der Waals surface area contributed by atoms with Gasteiger partial charge in [-0.05, 0) is 73.7 Å². The van der Waals surface area contributed by atoms with E-state index in [-0.39, 0.29) is 6.61 Å². The van der Waals surface area contributed by atoms with Crippen LogP contribution in [0, 0.1) is 11.8 Å². The van der Waals surface area contributed by atoms with Crippen LogP contribution in [-0.4, -0.2) is 64.2 Å². The molecule has 1 aromatic carbocycles. The molecular weight excluding hydrogens is 446 g/mol. The normalized spacial score (nSPS) is 20.9. The lowest BCUT2D eigenvalue weighted by Gasteiger charge is -2.32. The Hall–Kier alpha value is -2.52. The average Bonchev–Trinajstić information content (AvgIpc) is 3.53. The van der Waals surface area contributed by atoms with E-state index in [1.54, 1.807) is 11.3 Å². The van der Waals surface area contributed by atoms with Crippen molar-refractivity contribution in [2.24, 2.45) is 11.8 Å². The Morgan fingerprint density at radius 2 is 1.88 bits per heavy atom. The van der Waals surface area contributed by atoms with Crippen molar-refractivity contribution >= 4 is 32.9 Å². The van der Waals surface area contributed by atoms with Crippen LogP contribution in [0.15, 0.2) is 48.7 Å². The molecule has 8 heteroatoms. The van der Waals surface area contributed by atoms with E-state index in [0.29, 0.717) is 18.4 Å². The predicted octanol–water partition coefficient (Wildman–Crippen LogP) is 3.80. The summed E-state index contributed by atoms with van der Waals surface area (Å²) in [6.07, 6.45) is 6.52. The number of benzene rings is 1. The zero-order valence-corrected chi connectivity index (χ0v) is 20.3. The summed E-state index contributed by atoms with van der Waals surface area (Å²) in [7, 11) is 0. The zero-order chi connectivity index (χ0) is 23.3. The minimum absolute atomic E-state index is 0.247. The number of fused-ring (bicyclic) bond motifs is 2. The van der Waals surface area contributed by atoms with Crippen molar-refractivity contribution in [3.8, 4) is 10.6 Å². The first-order valence-electron chi connectivity index (χ1n) is 12.3. The topological polar surface area (TPSA) is 85.9 Å². The molecule has 4 aromatic rings. The number of imidazole rings is 1. The Morgan fingerprint density at radius 1 is 1.03 bits per heavy atom. The molecular formula is C26H33N5O2S. The van der Waals surface area contributed by atoms with Crippen molar-refractivity contribution in [3.05, 3.63) is 48.7 Å². The Kier molecular flexibility index (Phi) is 7.39. The highest BCUT2D eigenvalue weighted by Gasteiger charge is 2.21. The van der Waals surface area contributed by atoms with Gasteiger partial charge in [0.25, 0.3) is 0 Å². The summed E-state index contributed by atoms with van der Waals surface area (Å²) >= 11 is 1.77. The van der Waals surface area contributed by atoms with Gasteiger partial charge in [0.1, 0.15) is 11.5 Å². The molecule has 0 spiro atoms. The van der Waals surface area contributed by atoms with E-state index in [2.05, 4.69) is 45.5 Å². The maximum atomic E-state index is 9.50. The fourth-order valence-corrected chi connectivity index (χ4v) is 5.87. The number of hydrogen-bond donors (Lipinski definition) is 3. The predicted molar refractivity (Wildman–Crippen MR) is 139 cm³/mol. The standard InChI is InChI=1S/C20H20N4OS.C6H13NO/c25-13-14-4-3-9-23(12-14)20-8-7-19-21-11-16(24(19)22-20)18-10-15-5-1-2-6-17(15)26-18;8-5-6-2-1-3-7-4-6/h1-2,5-8,10-11,14,25H,3-4,9,12-13H2;6-8H,1-5H2. The van der Waals surface area contributed by atoms with E-state index in [0.717, 1.165) is 56.2 Å².